The topological polar surface area (TPSA) is 34.4 Å². The number of benzene rings is 2. The molecule has 0 aliphatic rings. The standard InChI is InChI=1S/C22H20N2OS/c1-4-19-21(17-11-7-15(3)8-12-17)24-18(13-25)20(23-22(24)26-19)16-9-5-14(2)6-10-16/h5-13H,4H2,1-3H3. The van der Waals surface area contributed by atoms with Gasteiger partial charge in [-0.1, -0.05) is 66.6 Å². The Labute approximate surface area is 157 Å². The molecule has 0 unspecified atom stereocenters. The number of nitrogens with zero attached hydrogens (tertiary/aromatic N) is 2. The molecule has 4 aromatic rings. The maximum atomic E-state index is 12.0. The Kier molecular flexibility index (Phi) is 4.21. The minimum atomic E-state index is 0.621. The fourth-order valence-electron chi connectivity index (χ4n) is 3.25. The molecule has 4 rings (SSSR count). The van der Waals surface area contributed by atoms with Gasteiger partial charge in [-0.2, -0.15) is 0 Å². The Bertz CT molecular complexity index is 1090. The van der Waals surface area contributed by atoms with Crippen LogP contribution in [0.4, 0.5) is 0 Å². The molecular weight excluding hydrogens is 340 g/mol. The molecule has 130 valence electrons. The SMILES string of the molecule is CCc1sc2nc(-c3ccc(C)cc3)c(C=O)n2c1-c1ccc(C)cc1. The number of fused-ring (bicyclic) bond motifs is 1. The predicted octanol–water partition coefficient (Wildman–Crippen LogP) is 5.72. The highest BCUT2D eigenvalue weighted by Crippen LogP contribution is 2.36. The van der Waals surface area contributed by atoms with Gasteiger partial charge in [0, 0.05) is 10.4 Å². The smallest absolute Gasteiger partial charge is 0.195 e. The van der Waals surface area contributed by atoms with E-state index in [-0.39, 0.29) is 0 Å². The number of carbonyl (C=O) groups is 1. The van der Waals surface area contributed by atoms with Crippen LogP contribution in [-0.2, 0) is 6.42 Å². The van der Waals surface area contributed by atoms with Crippen LogP contribution in [0.2, 0.25) is 0 Å². The highest BCUT2D eigenvalue weighted by Gasteiger charge is 2.21. The van der Waals surface area contributed by atoms with Crippen molar-refractivity contribution >= 4 is 22.6 Å². The van der Waals surface area contributed by atoms with Crippen LogP contribution in [0, 0.1) is 13.8 Å². The van der Waals surface area contributed by atoms with Gasteiger partial charge in [-0.25, -0.2) is 4.98 Å². The average Bonchev–Trinajstić information content (AvgIpc) is 3.18. The van der Waals surface area contributed by atoms with E-state index < -0.39 is 0 Å². The predicted molar refractivity (Wildman–Crippen MR) is 108 cm³/mol. The molecule has 3 nitrogen and oxygen atoms in total. The first-order chi connectivity index (χ1) is 12.6. The molecule has 0 aliphatic heterocycles. The molecule has 4 heteroatoms. The molecule has 0 spiro atoms. The third-order valence-electron chi connectivity index (χ3n) is 4.67. The number of aryl methyl sites for hydroxylation is 3. The number of aromatic nitrogens is 2. The van der Waals surface area contributed by atoms with E-state index in [9.17, 15) is 4.79 Å². The molecular formula is C22H20N2OS. The summed E-state index contributed by atoms with van der Waals surface area (Å²) < 4.78 is 2.02. The Morgan fingerprint density at radius 3 is 2.08 bits per heavy atom. The minimum absolute atomic E-state index is 0.621. The van der Waals surface area contributed by atoms with Crippen molar-refractivity contribution in [2.45, 2.75) is 27.2 Å². The lowest BCUT2D eigenvalue weighted by atomic mass is 10.1. The zero-order chi connectivity index (χ0) is 18.3. The fraction of sp³-hybridized carbons (Fsp3) is 0.182. The molecule has 0 radical (unpaired) electrons. The second kappa shape index (κ2) is 6.54. The van der Waals surface area contributed by atoms with Crippen molar-refractivity contribution in [3.8, 4) is 22.5 Å². The zero-order valence-corrected chi connectivity index (χ0v) is 15.9. The summed E-state index contributed by atoms with van der Waals surface area (Å²) in [5.74, 6) is 0. The number of hydrogen-bond donors (Lipinski definition) is 0. The summed E-state index contributed by atoms with van der Waals surface area (Å²) in [6.45, 7) is 6.28. The van der Waals surface area contributed by atoms with Gasteiger partial charge in [0.05, 0.1) is 5.69 Å². The van der Waals surface area contributed by atoms with E-state index in [0.717, 1.165) is 40.2 Å². The van der Waals surface area contributed by atoms with Gasteiger partial charge >= 0.3 is 0 Å². The molecule has 0 N–H and O–H groups in total. The quantitative estimate of drug-likeness (QED) is 0.436. The summed E-state index contributed by atoms with van der Waals surface area (Å²) in [6, 6.07) is 16.6. The van der Waals surface area contributed by atoms with Crippen LogP contribution in [0.5, 0.6) is 0 Å². The van der Waals surface area contributed by atoms with E-state index in [2.05, 4.69) is 57.2 Å². The Hall–Kier alpha value is -2.72. The Morgan fingerprint density at radius 1 is 0.962 bits per heavy atom. The van der Waals surface area contributed by atoms with Crippen molar-refractivity contribution in [2.24, 2.45) is 0 Å². The molecule has 0 bridgehead atoms. The van der Waals surface area contributed by atoms with Gasteiger partial charge in [-0.3, -0.25) is 9.20 Å². The van der Waals surface area contributed by atoms with Crippen molar-refractivity contribution in [2.75, 3.05) is 0 Å². The van der Waals surface area contributed by atoms with Crippen LogP contribution in [0.25, 0.3) is 27.5 Å². The van der Waals surface area contributed by atoms with Crippen molar-refractivity contribution in [3.05, 3.63) is 70.2 Å². The van der Waals surface area contributed by atoms with Crippen LogP contribution in [0.1, 0.15) is 33.4 Å². The summed E-state index contributed by atoms with van der Waals surface area (Å²) in [4.78, 5) is 18.9. The molecule has 0 amide bonds. The number of rotatable bonds is 4. The van der Waals surface area contributed by atoms with E-state index in [4.69, 9.17) is 4.98 Å². The van der Waals surface area contributed by atoms with Gasteiger partial charge in [0.15, 0.2) is 11.2 Å². The zero-order valence-electron chi connectivity index (χ0n) is 15.1. The van der Waals surface area contributed by atoms with Crippen molar-refractivity contribution in [1.82, 2.24) is 9.38 Å². The molecule has 0 saturated heterocycles. The van der Waals surface area contributed by atoms with Gasteiger partial charge in [-0.05, 0) is 25.8 Å². The second-order valence-electron chi connectivity index (χ2n) is 6.54. The first kappa shape index (κ1) is 16.7. The molecule has 0 fully saturated rings. The maximum absolute atomic E-state index is 12.0. The Balaban J connectivity index is 2.00. The monoisotopic (exact) mass is 360 g/mol. The van der Waals surface area contributed by atoms with Gasteiger partial charge in [0.2, 0.25) is 0 Å². The number of imidazole rings is 1. The summed E-state index contributed by atoms with van der Waals surface area (Å²) in [5, 5.41) is 0. The van der Waals surface area contributed by atoms with Crippen LogP contribution < -0.4 is 0 Å². The van der Waals surface area contributed by atoms with Gasteiger partial charge in [0.25, 0.3) is 0 Å². The molecule has 2 aromatic heterocycles. The molecule has 2 heterocycles. The highest BCUT2D eigenvalue weighted by molar-refractivity contribution is 7.17. The molecule has 26 heavy (non-hydrogen) atoms. The van der Waals surface area contributed by atoms with E-state index >= 15 is 0 Å². The van der Waals surface area contributed by atoms with Crippen molar-refractivity contribution in [1.29, 1.82) is 0 Å². The van der Waals surface area contributed by atoms with Crippen LogP contribution in [0.15, 0.2) is 48.5 Å². The number of hydrogen-bond acceptors (Lipinski definition) is 3. The number of thiazole rings is 1. The lowest BCUT2D eigenvalue weighted by Gasteiger charge is -2.06. The molecule has 0 atom stereocenters. The molecule has 0 aliphatic carbocycles. The summed E-state index contributed by atoms with van der Waals surface area (Å²) >= 11 is 1.66. The van der Waals surface area contributed by atoms with Crippen molar-refractivity contribution in [3.63, 3.8) is 0 Å². The first-order valence-corrected chi connectivity index (χ1v) is 9.57. The van der Waals surface area contributed by atoms with E-state index in [1.165, 1.54) is 16.0 Å². The van der Waals surface area contributed by atoms with Gasteiger partial charge in [-0.15, -0.1) is 11.3 Å². The molecule has 0 saturated carbocycles. The van der Waals surface area contributed by atoms with Crippen LogP contribution >= 0.6 is 11.3 Å². The summed E-state index contributed by atoms with van der Waals surface area (Å²) in [7, 11) is 0. The third-order valence-corrected chi connectivity index (χ3v) is 5.85. The average molecular weight is 360 g/mol. The largest absolute Gasteiger partial charge is 0.296 e. The number of carbonyl (C=O) groups excluding carboxylic acids is 1. The lowest BCUT2D eigenvalue weighted by molar-refractivity contribution is 0.111. The number of aldehydes is 1. The van der Waals surface area contributed by atoms with E-state index in [1.807, 2.05) is 16.5 Å². The first-order valence-electron chi connectivity index (χ1n) is 8.75. The summed E-state index contributed by atoms with van der Waals surface area (Å²) in [5.41, 5.74) is 6.96. The third kappa shape index (κ3) is 2.67. The van der Waals surface area contributed by atoms with Gasteiger partial charge in [0.1, 0.15) is 11.4 Å². The van der Waals surface area contributed by atoms with Crippen LogP contribution in [0.3, 0.4) is 0 Å². The highest BCUT2D eigenvalue weighted by atomic mass is 32.1. The normalized spacial score (nSPS) is 11.2. The second-order valence-corrected chi connectivity index (χ2v) is 7.60. The van der Waals surface area contributed by atoms with Gasteiger partial charge < -0.3 is 0 Å². The fourth-order valence-corrected chi connectivity index (χ4v) is 4.34. The lowest BCUT2D eigenvalue weighted by Crippen LogP contribution is -1.96. The van der Waals surface area contributed by atoms with Crippen LogP contribution in [-0.4, -0.2) is 15.7 Å². The Morgan fingerprint density at radius 2 is 1.54 bits per heavy atom. The molecule has 2 aromatic carbocycles. The summed E-state index contributed by atoms with van der Waals surface area (Å²) in [6.07, 6.45) is 1.84. The maximum Gasteiger partial charge on any atom is 0.195 e. The van der Waals surface area contributed by atoms with Crippen molar-refractivity contribution < 1.29 is 4.79 Å². The minimum Gasteiger partial charge on any atom is -0.296 e. The van der Waals surface area contributed by atoms with E-state index in [1.54, 1.807) is 11.3 Å². The van der Waals surface area contributed by atoms with E-state index in [0.29, 0.717) is 5.69 Å².